The predicted molar refractivity (Wildman–Crippen MR) is 77.0 cm³/mol. The summed E-state index contributed by atoms with van der Waals surface area (Å²) in [4.78, 5) is 13.1. The zero-order chi connectivity index (χ0) is 13.4. The van der Waals surface area contributed by atoms with Gasteiger partial charge in [-0.3, -0.25) is 4.79 Å². The molecule has 19 heavy (non-hydrogen) atoms. The van der Waals surface area contributed by atoms with E-state index in [9.17, 15) is 4.79 Å². The quantitative estimate of drug-likeness (QED) is 0.898. The zero-order valence-electron chi connectivity index (χ0n) is 9.98. The molecule has 0 radical (unpaired) electrons. The molecular formula is C12H12BrN3O2S. The molecule has 1 fully saturated rings. The molecule has 3 N–H and O–H groups in total. The van der Waals surface area contributed by atoms with Crippen molar-refractivity contribution >= 4 is 39.1 Å². The summed E-state index contributed by atoms with van der Waals surface area (Å²) in [6.07, 6.45) is 3.21. The first-order valence-electron chi connectivity index (χ1n) is 5.97. The van der Waals surface area contributed by atoms with Crippen LogP contribution in [0.1, 0.15) is 29.6 Å². The van der Waals surface area contributed by atoms with Crippen LogP contribution in [0.5, 0.6) is 0 Å². The van der Waals surface area contributed by atoms with Crippen LogP contribution >= 0.6 is 27.3 Å². The molecule has 2 aromatic heterocycles. The van der Waals surface area contributed by atoms with E-state index in [0.29, 0.717) is 11.3 Å². The highest BCUT2D eigenvalue weighted by Crippen LogP contribution is 2.34. The summed E-state index contributed by atoms with van der Waals surface area (Å²) in [5, 5.41) is 6.85. The summed E-state index contributed by atoms with van der Waals surface area (Å²) in [6.45, 7) is 0. The summed E-state index contributed by atoms with van der Waals surface area (Å²) in [6, 6.07) is 4.04. The van der Waals surface area contributed by atoms with Crippen molar-refractivity contribution < 1.29 is 9.32 Å². The van der Waals surface area contributed by atoms with Crippen LogP contribution in [0.25, 0.3) is 10.6 Å². The van der Waals surface area contributed by atoms with Gasteiger partial charge in [0.05, 0.1) is 8.66 Å². The van der Waals surface area contributed by atoms with Crippen LogP contribution in [0.4, 0.5) is 5.88 Å². The van der Waals surface area contributed by atoms with Crippen LogP contribution in [0.15, 0.2) is 20.4 Å². The number of anilines is 1. The fourth-order valence-corrected chi connectivity index (χ4v) is 3.32. The first-order valence-corrected chi connectivity index (χ1v) is 7.58. The van der Waals surface area contributed by atoms with E-state index in [2.05, 4.69) is 26.4 Å². The average molecular weight is 342 g/mol. The van der Waals surface area contributed by atoms with Crippen molar-refractivity contribution in [2.75, 3.05) is 5.73 Å². The fraction of sp³-hybridized carbons (Fsp3) is 0.333. The minimum absolute atomic E-state index is 0.0661. The molecule has 1 amide bonds. The average Bonchev–Trinajstić information content (AvgIpc) is 2.89. The molecule has 0 spiro atoms. The van der Waals surface area contributed by atoms with Crippen molar-refractivity contribution in [2.24, 2.45) is 0 Å². The molecule has 0 bridgehead atoms. The molecule has 2 aromatic rings. The van der Waals surface area contributed by atoms with E-state index in [4.69, 9.17) is 10.3 Å². The van der Waals surface area contributed by atoms with Crippen molar-refractivity contribution in [2.45, 2.75) is 25.3 Å². The summed E-state index contributed by atoms with van der Waals surface area (Å²) in [5.74, 6) is -0.140. The second-order valence-corrected chi connectivity index (χ2v) is 6.94. The first-order chi connectivity index (χ1) is 9.15. The van der Waals surface area contributed by atoms with E-state index in [1.165, 1.54) is 11.3 Å². The molecule has 0 aliphatic heterocycles. The van der Waals surface area contributed by atoms with E-state index in [0.717, 1.165) is 27.9 Å². The Labute approximate surface area is 122 Å². The molecule has 0 saturated heterocycles. The van der Waals surface area contributed by atoms with Gasteiger partial charge in [-0.05, 0) is 47.3 Å². The monoisotopic (exact) mass is 341 g/mol. The van der Waals surface area contributed by atoms with E-state index in [1.54, 1.807) is 0 Å². The molecule has 1 aliphatic rings. The number of nitrogens with zero attached hydrogens (tertiary/aromatic N) is 1. The Morgan fingerprint density at radius 2 is 2.32 bits per heavy atom. The lowest BCUT2D eigenvalue weighted by Gasteiger charge is -2.26. The van der Waals surface area contributed by atoms with Crippen molar-refractivity contribution in [1.29, 1.82) is 0 Å². The van der Waals surface area contributed by atoms with Crippen LogP contribution in [0.3, 0.4) is 0 Å². The number of aromatic nitrogens is 1. The lowest BCUT2D eigenvalue weighted by Crippen LogP contribution is -2.39. The van der Waals surface area contributed by atoms with Crippen LogP contribution in [0, 0.1) is 0 Å². The standard InChI is InChI=1S/C12H12BrN3O2S/c13-8-5-4-7(19-8)10-9(11(14)18-16-10)12(17)15-6-2-1-3-6/h4-6H,1-3,14H2,(H,15,17). The summed E-state index contributed by atoms with van der Waals surface area (Å²) < 4.78 is 5.94. The minimum atomic E-state index is -0.206. The van der Waals surface area contributed by atoms with Gasteiger partial charge < -0.3 is 15.6 Å². The predicted octanol–water partition coefficient (Wildman–Crippen LogP) is 3.03. The van der Waals surface area contributed by atoms with Crippen LogP contribution in [-0.2, 0) is 0 Å². The number of carbonyl (C=O) groups is 1. The Bertz CT molecular complexity index is 618. The molecule has 5 nitrogen and oxygen atoms in total. The lowest BCUT2D eigenvalue weighted by atomic mass is 9.93. The number of thiophene rings is 1. The molecule has 1 saturated carbocycles. The molecule has 0 atom stereocenters. The second kappa shape index (κ2) is 4.97. The van der Waals surface area contributed by atoms with Crippen LogP contribution in [-0.4, -0.2) is 17.1 Å². The highest BCUT2D eigenvalue weighted by Gasteiger charge is 2.27. The molecule has 100 valence electrons. The number of amides is 1. The third kappa shape index (κ3) is 2.40. The maximum Gasteiger partial charge on any atom is 0.259 e. The number of nitrogen functional groups attached to an aromatic ring is 1. The number of carbonyl (C=O) groups excluding carboxylic acids is 1. The topological polar surface area (TPSA) is 81.2 Å². The molecular weight excluding hydrogens is 330 g/mol. The molecule has 0 aromatic carbocycles. The largest absolute Gasteiger partial charge is 0.367 e. The van der Waals surface area contributed by atoms with Gasteiger partial charge >= 0.3 is 0 Å². The normalized spacial score (nSPS) is 15.2. The van der Waals surface area contributed by atoms with E-state index in [-0.39, 0.29) is 17.8 Å². The Hall–Kier alpha value is -1.34. The van der Waals surface area contributed by atoms with Crippen molar-refractivity contribution in [3.8, 4) is 10.6 Å². The van der Waals surface area contributed by atoms with Gasteiger partial charge in [0.25, 0.3) is 5.91 Å². The summed E-state index contributed by atoms with van der Waals surface area (Å²) in [7, 11) is 0. The van der Waals surface area contributed by atoms with Crippen molar-refractivity contribution in [1.82, 2.24) is 10.5 Å². The van der Waals surface area contributed by atoms with Gasteiger partial charge in [0.2, 0.25) is 5.88 Å². The molecule has 7 heteroatoms. The summed E-state index contributed by atoms with van der Waals surface area (Å²) in [5.41, 5.74) is 6.56. The van der Waals surface area contributed by atoms with E-state index >= 15 is 0 Å². The van der Waals surface area contributed by atoms with Gasteiger partial charge in [-0.15, -0.1) is 11.3 Å². The molecule has 1 aliphatic carbocycles. The van der Waals surface area contributed by atoms with Crippen LogP contribution in [0.2, 0.25) is 0 Å². The molecule has 2 heterocycles. The number of hydrogen-bond donors (Lipinski definition) is 2. The molecule has 0 unspecified atom stereocenters. The SMILES string of the molecule is Nc1onc(-c2ccc(Br)s2)c1C(=O)NC1CCC1. The van der Waals surface area contributed by atoms with E-state index < -0.39 is 0 Å². The third-order valence-corrected chi connectivity index (χ3v) is 4.82. The highest BCUT2D eigenvalue weighted by molar-refractivity contribution is 9.11. The number of nitrogens with one attached hydrogen (secondary N) is 1. The van der Waals surface area contributed by atoms with Crippen molar-refractivity contribution in [3.05, 3.63) is 21.5 Å². The maximum atomic E-state index is 12.2. The van der Waals surface area contributed by atoms with Gasteiger partial charge in [0.15, 0.2) is 0 Å². The smallest absolute Gasteiger partial charge is 0.259 e. The first kappa shape index (κ1) is 12.7. The van der Waals surface area contributed by atoms with Crippen molar-refractivity contribution in [3.63, 3.8) is 0 Å². The summed E-state index contributed by atoms with van der Waals surface area (Å²) >= 11 is 4.87. The fourth-order valence-electron chi connectivity index (χ4n) is 1.94. The van der Waals surface area contributed by atoms with Gasteiger partial charge in [-0.2, -0.15) is 0 Å². The zero-order valence-corrected chi connectivity index (χ0v) is 12.4. The minimum Gasteiger partial charge on any atom is -0.367 e. The lowest BCUT2D eigenvalue weighted by molar-refractivity contribution is 0.0918. The second-order valence-electron chi connectivity index (χ2n) is 4.48. The van der Waals surface area contributed by atoms with Gasteiger partial charge in [-0.1, -0.05) is 5.16 Å². The van der Waals surface area contributed by atoms with Gasteiger partial charge in [0.1, 0.15) is 11.3 Å². The Morgan fingerprint density at radius 1 is 1.53 bits per heavy atom. The number of hydrogen-bond acceptors (Lipinski definition) is 5. The van der Waals surface area contributed by atoms with Gasteiger partial charge in [0, 0.05) is 6.04 Å². The third-order valence-electron chi connectivity index (χ3n) is 3.19. The van der Waals surface area contributed by atoms with Gasteiger partial charge in [-0.25, -0.2) is 0 Å². The Balaban J connectivity index is 1.91. The number of halogens is 1. The maximum absolute atomic E-state index is 12.2. The highest BCUT2D eigenvalue weighted by atomic mass is 79.9. The Morgan fingerprint density at radius 3 is 2.89 bits per heavy atom. The van der Waals surface area contributed by atoms with Crippen LogP contribution < -0.4 is 11.1 Å². The molecule has 3 rings (SSSR count). The number of nitrogens with two attached hydrogens (primary N) is 1. The van der Waals surface area contributed by atoms with E-state index in [1.807, 2.05) is 12.1 Å². The number of rotatable bonds is 3. The Kier molecular flexibility index (Phi) is 3.32.